The van der Waals surface area contributed by atoms with Crippen LogP contribution >= 0.6 is 0 Å². The number of hydrogen-bond donors (Lipinski definition) is 2. The maximum absolute atomic E-state index is 11.0. The third-order valence-corrected chi connectivity index (χ3v) is 6.46. The molecule has 6 aromatic rings. The minimum absolute atomic E-state index is 0.0976. The monoisotopic (exact) mass is 438 g/mol. The summed E-state index contributed by atoms with van der Waals surface area (Å²) < 4.78 is 0. The molecule has 2 heteroatoms. The molecule has 0 fully saturated rings. The van der Waals surface area contributed by atoms with Gasteiger partial charge in [-0.25, -0.2) is 0 Å². The lowest BCUT2D eigenvalue weighted by Crippen LogP contribution is -1.88. The van der Waals surface area contributed by atoms with E-state index in [1.165, 1.54) is 0 Å². The van der Waals surface area contributed by atoms with E-state index in [4.69, 9.17) is 0 Å². The van der Waals surface area contributed by atoms with Crippen molar-refractivity contribution in [3.8, 4) is 44.9 Å². The van der Waals surface area contributed by atoms with Crippen LogP contribution in [0.15, 0.2) is 121 Å². The van der Waals surface area contributed by atoms with Crippen LogP contribution in [-0.4, -0.2) is 10.2 Å². The first-order chi connectivity index (χ1) is 16.7. The molecule has 0 bridgehead atoms. The van der Waals surface area contributed by atoms with Gasteiger partial charge in [-0.15, -0.1) is 0 Å². The van der Waals surface area contributed by atoms with Gasteiger partial charge in [0.25, 0.3) is 0 Å². The molecule has 162 valence electrons. The molecule has 0 spiro atoms. The van der Waals surface area contributed by atoms with E-state index in [9.17, 15) is 10.2 Å². The smallest absolute Gasteiger partial charge is 0.166 e. The van der Waals surface area contributed by atoms with E-state index in [0.29, 0.717) is 5.56 Å². The van der Waals surface area contributed by atoms with Crippen LogP contribution < -0.4 is 0 Å². The van der Waals surface area contributed by atoms with E-state index < -0.39 is 0 Å². The van der Waals surface area contributed by atoms with E-state index in [2.05, 4.69) is 60.7 Å². The summed E-state index contributed by atoms with van der Waals surface area (Å²) in [4.78, 5) is 0. The minimum Gasteiger partial charge on any atom is -0.504 e. The maximum Gasteiger partial charge on any atom is 0.166 e. The van der Waals surface area contributed by atoms with E-state index in [0.717, 1.165) is 49.4 Å². The largest absolute Gasteiger partial charge is 0.504 e. The van der Waals surface area contributed by atoms with Crippen LogP contribution in [0.5, 0.6) is 11.5 Å². The number of hydrogen-bond acceptors (Lipinski definition) is 2. The molecule has 34 heavy (non-hydrogen) atoms. The molecule has 0 amide bonds. The first-order valence-electron chi connectivity index (χ1n) is 11.3. The zero-order valence-corrected chi connectivity index (χ0v) is 18.4. The molecule has 0 aliphatic heterocycles. The number of phenols is 2. The molecule has 0 radical (unpaired) electrons. The Morgan fingerprint density at radius 3 is 1.65 bits per heavy atom. The zero-order valence-electron chi connectivity index (χ0n) is 18.4. The van der Waals surface area contributed by atoms with Crippen molar-refractivity contribution in [1.82, 2.24) is 0 Å². The Morgan fingerprint density at radius 1 is 0.412 bits per heavy atom. The van der Waals surface area contributed by atoms with Crippen LogP contribution in [0, 0.1) is 0 Å². The molecule has 0 aromatic heterocycles. The molecule has 2 nitrogen and oxygen atoms in total. The standard InChI is InChI=1S/C32H22O2/c33-30-20-26-19-24(22-10-5-2-6-11-22)15-17-28(26)31(32(30)34)29-13-7-12-25-18-23(14-16-27(25)29)21-8-3-1-4-9-21/h1-20,33-34H. The molecule has 0 saturated carbocycles. The zero-order chi connectivity index (χ0) is 23.1. The number of phenolic OH excluding ortho intramolecular Hbond substituents is 2. The molecule has 6 aromatic carbocycles. The van der Waals surface area contributed by atoms with Crippen molar-refractivity contribution < 1.29 is 10.2 Å². The van der Waals surface area contributed by atoms with Crippen molar-refractivity contribution in [2.45, 2.75) is 0 Å². The second-order valence-electron chi connectivity index (χ2n) is 8.53. The van der Waals surface area contributed by atoms with Gasteiger partial charge in [0.1, 0.15) is 0 Å². The van der Waals surface area contributed by atoms with Gasteiger partial charge in [0, 0.05) is 5.56 Å². The van der Waals surface area contributed by atoms with Crippen molar-refractivity contribution in [3.63, 3.8) is 0 Å². The lowest BCUT2D eigenvalue weighted by Gasteiger charge is -2.15. The summed E-state index contributed by atoms with van der Waals surface area (Å²) in [5.41, 5.74) is 6.01. The molecule has 0 aliphatic rings. The molecule has 0 unspecified atom stereocenters. The molecule has 0 heterocycles. The Bertz CT molecular complexity index is 1650. The number of rotatable bonds is 3. The predicted octanol–water partition coefficient (Wildman–Crippen LogP) is 8.41. The quantitative estimate of drug-likeness (QED) is 0.272. The Hall–Kier alpha value is -4.56. The third-order valence-electron chi connectivity index (χ3n) is 6.46. The molecule has 6 rings (SSSR count). The van der Waals surface area contributed by atoms with Gasteiger partial charge in [-0.05, 0) is 67.6 Å². The SMILES string of the molecule is Oc1cc2cc(-c3ccccc3)ccc2c(-c2cccc3cc(-c4ccccc4)ccc23)c1O. The van der Waals surface area contributed by atoms with Gasteiger partial charge < -0.3 is 10.2 Å². The van der Waals surface area contributed by atoms with Crippen molar-refractivity contribution in [1.29, 1.82) is 0 Å². The van der Waals surface area contributed by atoms with E-state index in [1.807, 2.05) is 54.6 Å². The second-order valence-corrected chi connectivity index (χ2v) is 8.53. The van der Waals surface area contributed by atoms with Gasteiger partial charge in [-0.2, -0.15) is 0 Å². The summed E-state index contributed by atoms with van der Waals surface area (Å²) in [5.74, 6) is -0.217. The average Bonchev–Trinajstić information content (AvgIpc) is 2.90. The summed E-state index contributed by atoms with van der Waals surface area (Å²) in [5, 5.41) is 25.5. The van der Waals surface area contributed by atoms with Crippen molar-refractivity contribution in [2.24, 2.45) is 0 Å². The molecule has 2 N–H and O–H groups in total. The summed E-state index contributed by atoms with van der Waals surface area (Å²) in [6.45, 7) is 0. The van der Waals surface area contributed by atoms with Gasteiger partial charge in [-0.1, -0.05) is 103 Å². The molecule has 0 atom stereocenters. The van der Waals surface area contributed by atoms with E-state index in [1.54, 1.807) is 6.07 Å². The summed E-state index contributed by atoms with van der Waals surface area (Å²) in [6.07, 6.45) is 0. The van der Waals surface area contributed by atoms with Crippen LogP contribution in [0.4, 0.5) is 0 Å². The number of fused-ring (bicyclic) bond motifs is 2. The fraction of sp³-hybridized carbons (Fsp3) is 0. The highest BCUT2D eigenvalue weighted by molar-refractivity contribution is 6.09. The molecule has 0 saturated heterocycles. The Balaban J connectivity index is 1.57. The van der Waals surface area contributed by atoms with Gasteiger partial charge in [-0.3, -0.25) is 0 Å². The van der Waals surface area contributed by atoms with Crippen molar-refractivity contribution in [2.75, 3.05) is 0 Å². The van der Waals surface area contributed by atoms with Gasteiger partial charge in [0.15, 0.2) is 11.5 Å². The average molecular weight is 439 g/mol. The molecular formula is C32H22O2. The lowest BCUT2D eigenvalue weighted by atomic mass is 9.90. The van der Waals surface area contributed by atoms with E-state index in [-0.39, 0.29) is 11.5 Å². The van der Waals surface area contributed by atoms with Crippen LogP contribution in [0.25, 0.3) is 54.9 Å². The van der Waals surface area contributed by atoms with Crippen LogP contribution in [-0.2, 0) is 0 Å². The predicted molar refractivity (Wildman–Crippen MR) is 141 cm³/mol. The van der Waals surface area contributed by atoms with Gasteiger partial charge in [0.2, 0.25) is 0 Å². The Morgan fingerprint density at radius 2 is 1.00 bits per heavy atom. The van der Waals surface area contributed by atoms with E-state index >= 15 is 0 Å². The first-order valence-corrected chi connectivity index (χ1v) is 11.3. The number of benzene rings is 6. The Kier molecular flexibility index (Phi) is 4.78. The van der Waals surface area contributed by atoms with Crippen LogP contribution in [0.2, 0.25) is 0 Å². The van der Waals surface area contributed by atoms with Crippen molar-refractivity contribution in [3.05, 3.63) is 121 Å². The molecule has 0 aliphatic carbocycles. The van der Waals surface area contributed by atoms with Gasteiger partial charge >= 0.3 is 0 Å². The van der Waals surface area contributed by atoms with Crippen LogP contribution in [0.1, 0.15) is 0 Å². The second kappa shape index (κ2) is 8.09. The first kappa shape index (κ1) is 20.1. The van der Waals surface area contributed by atoms with Gasteiger partial charge in [0.05, 0.1) is 0 Å². The summed E-state index contributed by atoms with van der Waals surface area (Å²) >= 11 is 0. The number of aromatic hydroxyl groups is 2. The van der Waals surface area contributed by atoms with Crippen LogP contribution in [0.3, 0.4) is 0 Å². The molecular weight excluding hydrogens is 416 g/mol. The lowest BCUT2D eigenvalue weighted by molar-refractivity contribution is 0.406. The Labute approximate surface area is 198 Å². The fourth-order valence-corrected chi connectivity index (χ4v) is 4.78. The third kappa shape index (κ3) is 3.37. The maximum atomic E-state index is 11.0. The minimum atomic E-state index is -0.120. The highest BCUT2D eigenvalue weighted by Gasteiger charge is 2.17. The summed E-state index contributed by atoms with van der Waals surface area (Å²) in [6, 6.07) is 40.7. The highest BCUT2D eigenvalue weighted by atomic mass is 16.3. The highest BCUT2D eigenvalue weighted by Crippen LogP contribution is 2.45. The fourth-order valence-electron chi connectivity index (χ4n) is 4.78. The van der Waals surface area contributed by atoms with Crippen molar-refractivity contribution >= 4 is 21.5 Å². The normalized spacial score (nSPS) is 11.2. The topological polar surface area (TPSA) is 40.5 Å². The summed E-state index contributed by atoms with van der Waals surface area (Å²) in [7, 11) is 0.